The number of ether oxygens (including phenoxy) is 2. The Morgan fingerprint density at radius 1 is 1.14 bits per heavy atom. The normalized spacial score (nSPS) is 14.7. The molecule has 0 atom stereocenters. The van der Waals surface area contributed by atoms with E-state index in [9.17, 15) is 0 Å². The van der Waals surface area contributed by atoms with Crippen LogP contribution in [0.1, 0.15) is 39.4 Å². The largest absolute Gasteiger partial charge is 0.489 e. The van der Waals surface area contributed by atoms with E-state index in [0.29, 0.717) is 12.7 Å². The highest BCUT2D eigenvalue weighted by molar-refractivity contribution is 5.85. The second-order valence-electron chi connectivity index (χ2n) is 9.00. The summed E-state index contributed by atoms with van der Waals surface area (Å²) >= 11 is 0. The molecule has 0 amide bonds. The molecule has 5 rings (SSSR count). The Kier molecular flexibility index (Phi) is 6.85. The maximum Gasteiger partial charge on any atom is 0.324 e. The first-order valence-corrected chi connectivity index (χ1v) is 12.3. The van der Waals surface area contributed by atoms with Crippen molar-refractivity contribution in [3.05, 3.63) is 54.6 Å². The molecular weight excluding hydrogens is 444 g/mol. The lowest BCUT2D eigenvalue weighted by Gasteiger charge is -2.30. The van der Waals surface area contributed by atoms with Crippen LogP contribution in [-0.4, -0.2) is 51.7 Å². The lowest BCUT2D eigenvalue weighted by atomic mass is 10.1. The van der Waals surface area contributed by atoms with Crippen molar-refractivity contribution < 1.29 is 14.0 Å². The average molecular weight is 477 g/mol. The van der Waals surface area contributed by atoms with Gasteiger partial charge in [0.15, 0.2) is 5.82 Å². The summed E-state index contributed by atoms with van der Waals surface area (Å²) in [7, 11) is 0. The van der Waals surface area contributed by atoms with E-state index in [1.54, 1.807) is 6.20 Å². The highest BCUT2D eigenvalue weighted by Gasteiger charge is 2.24. The molecule has 0 spiro atoms. The number of aromatic nitrogens is 4. The Morgan fingerprint density at radius 2 is 2.00 bits per heavy atom. The Labute approximate surface area is 205 Å². The number of fused-ring (bicyclic) bond motifs is 1. The number of pyridine rings is 1. The molecule has 0 saturated carbocycles. The molecule has 0 unspecified atom stereocenters. The van der Waals surface area contributed by atoms with Crippen molar-refractivity contribution >= 4 is 22.6 Å². The van der Waals surface area contributed by atoms with Crippen molar-refractivity contribution in [3.8, 4) is 11.6 Å². The lowest BCUT2D eigenvalue weighted by molar-refractivity contribution is 0.0939. The van der Waals surface area contributed by atoms with Gasteiger partial charge in [-0.05, 0) is 50.2 Å². The first kappa shape index (κ1) is 23.2. The van der Waals surface area contributed by atoms with Crippen molar-refractivity contribution in [1.82, 2.24) is 19.7 Å². The fraction of sp³-hybridized carbons (Fsp3) is 0.423. The van der Waals surface area contributed by atoms with E-state index in [4.69, 9.17) is 14.0 Å². The average Bonchev–Trinajstić information content (AvgIpc) is 3.52. The minimum absolute atomic E-state index is 0.144. The summed E-state index contributed by atoms with van der Waals surface area (Å²) in [4.78, 5) is 11.2. The topological polar surface area (TPSA) is 90.5 Å². The van der Waals surface area contributed by atoms with E-state index in [1.807, 2.05) is 39.1 Å². The van der Waals surface area contributed by atoms with Crippen molar-refractivity contribution in [2.45, 2.75) is 52.2 Å². The maximum absolute atomic E-state index is 6.21. The summed E-state index contributed by atoms with van der Waals surface area (Å²) < 4.78 is 19.2. The van der Waals surface area contributed by atoms with Gasteiger partial charge in [-0.2, -0.15) is 4.98 Å². The molecular formula is C26H32N6O3. The summed E-state index contributed by atoms with van der Waals surface area (Å²) in [6.45, 7) is 8.22. The summed E-state index contributed by atoms with van der Waals surface area (Å²) in [5.74, 6) is 2.38. The molecule has 9 nitrogen and oxygen atoms in total. The Morgan fingerprint density at radius 3 is 2.71 bits per heavy atom. The first-order valence-electron chi connectivity index (χ1n) is 12.3. The Balaban J connectivity index is 1.18. The standard InChI is InChI=1S/C26H32N6O3/c1-4-24-29-26(35-30-24)31-12-10-21(11-13-31)34-22-6-8-25(27-16-22)32-14-9-19-15-20(5-7-23(19)32)28-17-33-18(2)3/h5-9,14-16,18,21,28H,4,10-13,17H2,1-3H3. The van der Waals surface area contributed by atoms with Crippen molar-refractivity contribution in [2.75, 3.05) is 30.0 Å². The van der Waals surface area contributed by atoms with Crippen molar-refractivity contribution in [3.63, 3.8) is 0 Å². The zero-order chi connectivity index (χ0) is 24.2. The lowest BCUT2D eigenvalue weighted by Crippen LogP contribution is -2.38. The number of rotatable bonds is 9. The quantitative estimate of drug-likeness (QED) is 0.344. The molecule has 1 fully saturated rings. The Hall–Kier alpha value is -3.59. The molecule has 1 N–H and O–H groups in total. The fourth-order valence-electron chi connectivity index (χ4n) is 4.20. The summed E-state index contributed by atoms with van der Waals surface area (Å²) in [6, 6.07) is 13.0. The highest BCUT2D eigenvalue weighted by Crippen LogP contribution is 2.25. The van der Waals surface area contributed by atoms with Crippen molar-refractivity contribution in [1.29, 1.82) is 0 Å². The number of piperidine rings is 1. The number of nitrogens with zero attached hydrogens (tertiary/aromatic N) is 5. The number of anilines is 2. The van der Waals surface area contributed by atoms with E-state index in [-0.39, 0.29) is 12.2 Å². The minimum atomic E-state index is 0.144. The first-order chi connectivity index (χ1) is 17.1. The van der Waals surface area contributed by atoms with Gasteiger partial charge >= 0.3 is 6.01 Å². The van der Waals surface area contributed by atoms with Crippen LogP contribution in [-0.2, 0) is 11.2 Å². The minimum Gasteiger partial charge on any atom is -0.489 e. The molecule has 9 heteroatoms. The van der Waals surface area contributed by atoms with Crippen LogP contribution < -0.4 is 15.0 Å². The van der Waals surface area contributed by atoms with Gasteiger partial charge in [-0.15, -0.1) is 0 Å². The van der Waals surface area contributed by atoms with Crippen LogP contribution in [0.25, 0.3) is 16.7 Å². The SMILES string of the molecule is CCc1noc(N2CCC(Oc3ccc(-n4ccc5cc(NCOC(C)C)ccc54)nc3)CC2)n1. The zero-order valence-electron chi connectivity index (χ0n) is 20.5. The molecule has 35 heavy (non-hydrogen) atoms. The van der Waals surface area contributed by atoms with Crippen LogP contribution in [0, 0.1) is 0 Å². The number of aryl methyl sites for hydroxylation is 1. The third-order valence-corrected chi connectivity index (χ3v) is 6.14. The third-order valence-electron chi connectivity index (χ3n) is 6.14. The van der Waals surface area contributed by atoms with Gasteiger partial charge in [-0.25, -0.2) is 4.98 Å². The fourth-order valence-corrected chi connectivity index (χ4v) is 4.20. The van der Waals surface area contributed by atoms with Gasteiger partial charge in [0.25, 0.3) is 0 Å². The molecule has 1 aliphatic rings. The number of hydrogen-bond acceptors (Lipinski definition) is 8. The zero-order valence-corrected chi connectivity index (χ0v) is 20.5. The summed E-state index contributed by atoms with van der Waals surface area (Å²) in [5.41, 5.74) is 2.13. The van der Waals surface area contributed by atoms with Crippen LogP contribution in [0.4, 0.5) is 11.7 Å². The van der Waals surface area contributed by atoms with E-state index < -0.39 is 0 Å². The van der Waals surface area contributed by atoms with Gasteiger partial charge in [-0.1, -0.05) is 12.1 Å². The molecule has 1 saturated heterocycles. The predicted molar refractivity (Wildman–Crippen MR) is 135 cm³/mol. The molecule has 184 valence electrons. The van der Waals surface area contributed by atoms with Gasteiger partial charge < -0.3 is 28.8 Å². The van der Waals surface area contributed by atoms with Crippen molar-refractivity contribution in [2.24, 2.45) is 0 Å². The van der Waals surface area contributed by atoms with Gasteiger partial charge in [0.05, 0.1) is 17.8 Å². The van der Waals surface area contributed by atoms with Crippen LogP contribution in [0.15, 0.2) is 53.3 Å². The molecule has 3 aromatic heterocycles. The second-order valence-corrected chi connectivity index (χ2v) is 9.00. The van der Waals surface area contributed by atoms with Gasteiger partial charge in [0.2, 0.25) is 0 Å². The van der Waals surface area contributed by atoms with E-state index in [0.717, 1.165) is 66.3 Å². The smallest absolute Gasteiger partial charge is 0.324 e. The third kappa shape index (κ3) is 5.40. The Bertz CT molecular complexity index is 1240. The number of nitrogens with one attached hydrogen (secondary N) is 1. The van der Waals surface area contributed by atoms with E-state index >= 15 is 0 Å². The van der Waals surface area contributed by atoms with Crippen LogP contribution in [0.5, 0.6) is 5.75 Å². The molecule has 0 bridgehead atoms. The number of benzene rings is 1. The van der Waals surface area contributed by atoms with Crippen LogP contribution >= 0.6 is 0 Å². The highest BCUT2D eigenvalue weighted by atomic mass is 16.5. The number of hydrogen-bond donors (Lipinski definition) is 1. The molecule has 1 aliphatic heterocycles. The van der Waals surface area contributed by atoms with Gasteiger partial charge in [0, 0.05) is 49.6 Å². The predicted octanol–water partition coefficient (Wildman–Crippen LogP) is 4.81. The monoisotopic (exact) mass is 476 g/mol. The maximum atomic E-state index is 6.21. The molecule has 1 aromatic carbocycles. The van der Waals surface area contributed by atoms with Gasteiger partial charge in [0.1, 0.15) is 24.4 Å². The van der Waals surface area contributed by atoms with Crippen LogP contribution in [0.2, 0.25) is 0 Å². The van der Waals surface area contributed by atoms with E-state index in [2.05, 4.69) is 54.2 Å². The molecule has 0 aliphatic carbocycles. The van der Waals surface area contributed by atoms with E-state index in [1.165, 1.54) is 0 Å². The molecule has 4 heterocycles. The molecule has 0 radical (unpaired) electrons. The summed E-state index contributed by atoms with van der Waals surface area (Å²) in [6.07, 6.45) is 6.75. The second kappa shape index (κ2) is 10.4. The molecule has 4 aromatic rings. The summed E-state index contributed by atoms with van der Waals surface area (Å²) in [5, 5.41) is 8.43. The van der Waals surface area contributed by atoms with Gasteiger partial charge in [-0.3, -0.25) is 0 Å². The van der Waals surface area contributed by atoms with Crippen LogP contribution in [0.3, 0.4) is 0 Å².